The second-order valence-corrected chi connectivity index (χ2v) is 3.94. The molecule has 0 saturated carbocycles. The van der Waals surface area contributed by atoms with Crippen LogP contribution in [0.2, 0.25) is 5.02 Å². The average molecular weight is 300 g/mol. The fourth-order valence-corrected chi connectivity index (χ4v) is 1.64. The lowest BCUT2D eigenvalue weighted by Gasteiger charge is -2.11. The molecule has 0 spiro atoms. The summed E-state index contributed by atoms with van der Waals surface area (Å²) in [6.45, 7) is 2.26. The molecule has 20 heavy (non-hydrogen) atoms. The van der Waals surface area contributed by atoms with Crippen LogP contribution in [0.4, 0.5) is 0 Å². The van der Waals surface area contributed by atoms with Crippen LogP contribution in [-0.2, 0) is 9.59 Å². The minimum Gasteiger partial charge on any atom is -0.491 e. The third kappa shape index (κ3) is 4.13. The van der Waals surface area contributed by atoms with Gasteiger partial charge >= 0.3 is 11.8 Å². The first-order valence-corrected chi connectivity index (χ1v) is 6.00. The number of methoxy groups -OCH3 is 1. The Bertz CT molecular complexity index is 546. The highest BCUT2D eigenvalue weighted by molar-refractivity contribution is 6.34. The van der Waals surface area contributed by atoms with Crippen LogP contribution < -0.4 is 20.6 Å². The summed E-state index contributed by atoms with van der Waals surface area (Å²) in [6, 6.07) is 3.21. The van der Waals surface area contributed by atoms with E-state index in [1.807, 2.05) is 12.3 Å². The molecule has 7 nitrogen and oxygen atoms in total. The van der Waals surface area contributed by atoms with Gasteiger partial charge in [0.15, 0.2) is 11.5 Å². The monoisotopic (exact) mass is 299 g/mol. The fourth-order valence-electron chi connectivity index (χ4n) is 1.34. The van der Waals surface area contributed by atoms with Crippen molar-refractivity contribution in [1.82, 2.24) is 5.43 Å². The van der Waals surface area contributed by atoms with E-state index in [0.717, 1.165) is 0 Å². The van der Waals surface area contributed by atoms with E-state index in [0.29, 0.717) is 28.7 Å². The number of hydrogen-bond donors (Lipinski definition) is 2. The van der Waals surface area contributed by atoms with E-state index in [-0.39, 0.29) is 0 Å². The maximum Gasteiger partial charge on any atom is 0.329 e. The zero-order valence-electron chi connectivity index (χ0n) is 11.0. The number of ether oxygens (including phenoxy) is 2. The van der Waals surface area contributed by atoms with Gasteiger partial charge in [0.05, 0.1) is 25.0 Å². The Morgan fingerprint density at radius 1 is 1.50 bits per heavy atom. The molecule has 1 aromatic rings. The maximum atomic E-state index is 10.9. The molecule has 0 saturated heterocycles. The van der Waals surface area contributed by atoms with Crippen molar-refractivity contribution in [1.29, 1.82) is 0 Å². The molecule has 0 aliphatic rings. The van der Waals surface area contributed by atoms with Crippen LogP contribution in [0.3, 0.4) is 0 Å². The van der Waals surface area contributed by atoms with Crippen molar-refractivity contribution in [2.45, 2.75) is 6.92 Å². The summed E-state index contributed by atoms with van der Waals surface area (Å²) in [5, 5.41) is 3.91. The number of halogens is 1. The van der Waals surface area contributed by atoms with Gasteiger partial charge in [-0.25, -0.2) is 5.43 Å². The van der Waals surface area contributed by atoms with E-state index in [9.17, 15) is 9.59 Å². The average Bonchev–Trinajstić information content (AvgIpc) is 2.38. The van der Waals surface area contributed by atoms with Gasteiger partial charge in [-0.3, -0.25) is 9.59 Å². The van der Waals surface area contributed by atoms with E-state index in [1.165, 1.54) is 13.3 Å². The Hall–Kier alpha value is -2.28. The first-order chi connectivity index (χ1) is 9.49. The molecule has 8 heteroatoms. The quantitative estimate of drug-likeness (QED) is 0.474. The fraction of sp³-hybridized carbons (Fsp3) is 0.250. The number of carbonyl (C=O) groups is 2. The van der Waals surface area contributed by atoms with Crippen LogP contribution >= 0.6 is 11.6 Å². The van der Waals surface area contributed by atoms with Crippen molar-refractivity contribution in [3.8, 4) is 11.5 Å². The van der Waals surface area contributed by atoms with Gasteiger partial charge in [0, 0.05) is 0 Å². The highest BCUT2D eigenvalue weighted by atomic mass is 35.5. The van der Waals surface area contributed by atoms with E-state index in [2.05, 4.69) is 5.10 Å². The first kappa shape index (κ1) is 15.8. The molecule has 0 fully saturated rings. The minimum atomic E-state index is -1.12. The predicted octanol–water partition coefficient (Wildman–Crippen LogP) is 0.683. The van der Waals surface area contributed by atoms with Gasteiger partial charge in [0.2, 0.25) is 0 Å². The van der Waals surface area contributed by atoms with Crippen LogP contribution in [0.1, 0.15) is 12.5 Å². The molecular weight excluding hydrogens is 286 g/mol. The van der Waals surface area contributed by atoms with Gasteiger partial charge in [-0.2, -0.15) is 5.10 Å². The topological polar surface area (TPSA) is 103 Å². The molecule has 0 atom stereocenters. The van der Waals surface area contributed by atoms with Crippen LogP contribution in [0.25, 0.3) is 0 Å². The SMILES string of the molecule is CCOc1cc(/C=N\NC(=O)C(N)=O)cc(Cl)c1OC. The van der Waals surface area contributed by atoms with Crippen LogP contribution in [0.5, 0.6) is 11.5 Å². The second kappa shape index (κ2) is 7.34. The number of rotatable bonds is 5. The van der Waals surface area contributed by atoms with E-state index in [1.54, 1.807) is 12.1 Å². The zero-order chi connectivity index (χ0) is 15.1. The second-order valence-electron chi connectivity index (χ2n) is 3.53. The van der Waals surface area contributed by atoms with Crippen molar-refractivity contribution in [2.24, 2.45) is 10.8 Å². The molecule has 0 aliphatic carbocycles. The summed E-state index contributed by atoms with van der Waals surface area (Å²) in [6.07, 6.45) is 1.30. The summed E-state index contributed by atoms with van der Waals surface area (Å²) in [5.41, 5.74) is 7.29. The number of nitrogens with one attached hydrogen (secondary N) is 1. The van der Waals surface area contributed by atoms with Gasteiger partial charge in [-0.05, 0) is 24.6 Å². The number of amides is 2. The molecule has 2 amide bonds. The Morgan fingerprint density at radius 3 is 2.75 bits per heavy atom. The van der Waals surface area contributed by atoms with Gasteiger partial charge < -0.3 is 15.2 Å². The number of hydrogen-bond acceptors (Lipinski definition) is 5. The number of primary amides is 1. The van der Waals surface area contributed by atoms with Gasteiger partial charge in [-0.15, -0.1) is 0 Å². The molecule has 3 N–H and O–H groups in total. The lowest BCUT2D eigenvalue weighted by molar-refractivity contribution is -0.137. The van der Waals surface area contributed by atoms with Crippen molar-refractivity contribution in [3.05, 3.63) is 22.7 Å². The van der Waals surface area contributed by atoms with E-state index < -0.39 is 11.8 Å². The first-order valence-electron chi connectivity index (χ1n) is 5.62. The maximum absolute atomic E-state index is 10.9. The molecule has 0 heterocycles. The minimum absolute atomic E-state index is 0.334. The highest BCUT2D eigenvalue weighted by Crippen LogP contribution is 2.35. The van der Waals surface area contributed by atoms with Crippen molar-refractivity contribution in [3.63, 3.8) is 0 Å². The predicted molar refractivity (Wildman–Crippen MR) is 74.1 cm³/mol. The van der Waals surface area contributed by atoms with Crippen molar-refractivity contribution in [2.75, 3.05) is 13.7 Å². The molecule has 0 aliphatic heterocycles. The van der Waals surface area contributed by atoms with Crippen molar-refractivity contribution >= 4 is 29.6 Å². The molecule has 108 valence electrons. The van der Waals surface area contributed by atoms with Gasteiger partial charge in [0.25, 0.3) is 0 Å². The Labute approximate surface area is 120 Å². The number of benzene rings is 1. The van der Waals surface area contributed by atoms with E-state index >= 15 is 0 Å². The van der Waals surface area contributed by atoms with Crippen LogP contribution in [0, 0.1) is 0 Å². The summed E-state index contributed by atoms with van der Waals surface area (Å²) < 4.78 is 10.5. The van der Waals surface area contributed by atoms with Crippen LogP contribution in [-0.4, -0.2) is 31.7 Å². The third-order valence-electron chi connectivity index (χ3n) is 2.14. The smallest absolute Gasteiger partial charge is 0.329 e. The number of nitrogens with zero attached hydrogens (tertiary/aromatic N) is 1. The van der Waals surface area contributed by atoms with Crippen LogP contribution in [0.15, 0.2) is 17.2 Å². The molecule has 0 radical (unpaired) electrons. The highest BCUT2D eigenvalue weighted by Gasteiger charge is 2.11. The standard InChI is InChI=1S/C12H14ClN3O4/c1-3-20-9-5-7(4-8(13)10(9)19-2)6-15-16-12(18)11(14)17/h4-6H,3H2,1-2H3,(H2,14,17)(H,16,18)/b15-6-. The van der Waals surface area contributed by atoms with E-state index in [4.69, 9.17) is 26.8 Å². The normalized spacial score (nSPS) is 10.3. The Kier molecular flexibility index (Phi) is 5.79. The molecule has 0 aromatic heterocycles. The lowest BCUT2D eigenvalue weighted by atomic mass is 10.2. The summed E-state index contributed by atoms with van der Waals surface area (Å²) in [5.74, 6) is -1.27. The molecule has 1 rings (SSSR count). The Balaban J connectivity index is 2.93. The number of nitrogens with two attached hydrogens (primary N) is 1. The lowest BCUT2D eigenvalue weighted by Crippen LogP contribution is -2.32. The van der Waals surface area contributed by atoms with Gasteiger partial charge in [-0.1, -0.05) is 11.6 Å². The zero-order valence-corrected chi connectivity index (χ0v) is 11.7. The molecule has 1 aromatic carbocycles. The largest absolute Gasteiger partial charge is 0.491 e. The Morgan fingerprint density at radius 2 is 2.20 bits per heavy atom. The number of carbonyl (C=O) groups excluding carboxylic acids is 2. The molecular formula is C12H14ClN3O4. The summed E-state index contributed by atoms with van der Waals surface area (Å²) >= 11 is 6.03. The molecule has 0 bridgehead atoms. The third-order valence-corrected chi connectivity index (χ3v) is 2.42. The molecule has 0 unspecified atom stereocenters. The summed E-state index contributed by atoms with van der Waals surface area (Å²) in [7, 11) is 1.48. The van der Waals surface area contributed by atoms with Gasteiger partial charge in [0.1, 0.15) is 0 Å². The summed E-state index contributed by atoms with van der Waals surface area (Å²) in [4.78, 5) is 21.4. The number of hydrazone groups is 1. The van der Waals surface area contributed by atoms with Crippen molar-refractivity contribution < 1.29 is 19.1 Å².